The van der Waals surface area contributed by atoms with E-state index in [1.165, 1.54) is 6.07 Å². The number of amides is 1. The summed E-state index contributed by atoms with van der Waals surface area (Å²) in [5.41, 5.74) is 3.54. The summed E-state index contributed by atoms with van der Waals surface area (Å²) in [4.78, 5) is 12.6. The van der Waals surface area contributed by atoms with Crippen LogP contribution < -0.4 is 10.6 Å². The molecule has 2 bridgehead atoms. The van der Waals surface area contributed by atoms with E-state index >= 15 is 0 Å². The third-order valence-corrected chi connectivity index (χ3v) is 6.73. The van der Waals surface area contributed by atoms with Gasteiger partial charge in [-0.05, 0) is 59.6 Å². The molecule has 2 aliphatic heterocycles. The third-order valence-electron chi connectivity index (χ3n) is 6.73. The minimum atomic E-state index is -0.907. The number of halogens is 1. The number of aliphatic hydroxyl groups is 1. The van der Waals surface area contributed by atoms with Gasteiger partial charge < -0.3 is 20.5 Å². The summed E-state index contributed by atoms with van der Waals surface area (Å²) < 4.78 is 20.0. The van der Waals surface area contributed by atoms with E-state index in [4.69, 9.17) is 4.74 Å². The van der Waals surface area contributed by atoms with Gasteiger partial charge in [0.2, 0.25) is 5.91 Å². The van der Waals surface area contributed by atoms with Crippen LogP contribution in [-0.2, 0) is 22.6 Å². The number of nitriles is 1. The Morgan fingerprint density at radius 3 is 2.81 bits per heavy atom. The van der Waals surface area contributed by atoms with Gasteiger partial charge in [0.05, 0.1) is 18.7 Å². The molecule has 5 atom stereocenters. The number of rotatable bonds is 5. The van der Waals surface area contributed by atoms with Crippen molar-refractivity contribution in [1.82, 2.24) is 10.6 Å². The molecule has 5 rings (SSSR count). The summed E-state index contributed by atoms with van der Waals surface area (Å²) in [6.07, 6.45) is 2.36. The lowest BCUT2D eigenvalue weighted by Gasteiger charge is -2.23. The quantitative estimate of drug-likeness (QED) is 0.690. The third kappa shape index (κ3) is 3.83. The molecule has 2 heterocycles. The largest absolute Gasteiger partial charge is 0.364 e. The van der Waals surface area contributed by atoms with Crippen LogP contribution in [0.2, 0.25) is 0 Å². The first-order valence-corrected chi connectivity index (χ1v) is 10.7. The zero-order chi connectivity index (χ0) is 21.5. The highest BCUT2D eigenvalue weighted by Crippen LogP contribution is 2.35. The predicted molar refractivity (Wildman–Crippen MR) is 111 cm³/mol. The van der Waals surface area contributed by atoms with Crippen LogP contribution in [0.3, 0.4) is 0 Å². The molecule has 7 heteroatoms. The number of carbonyl (C=O) groups excluding carboxylic acids is 1. The molecule has 2 aromatic rings. The molecule has 2 fully saturated rings. The fraction of sp³-hybridized carbons (Fsp3) is 0.417. The van der Waals surface area contributed by atoms with Gasteiger partial charge in [0, 0.05) is 18.0 Å². The SMILES string of the molecule is N#C[C@H](Cc1ccc(-c2ccc3c(c2)COC3O)cc1F)NC(=O)[C@H]1N[C@@H]2CC[C@H]1C2. The van der Waals surface area contributed by atoms with Gasteiger partial charge in [-0.25, -0.2) is 4.39 Å². The van der Waals surface area contributed by atoms with Gasteiger partial charge in [-0.2, -0.15) is 5.26 Å². The topological polar surface area (TPSA) is 94.4 Å². The van der Waals surface area contributed by atoms with Crippen LogP contribution in [0.15, 0.2) is 36.4 Å². The van der Waals surface area contributed by atoms with E-state index in [2.05, 4.69) is 16.7 Å². The average Bonchev–Trinajstić information content (AvgIpc) is 3.50. The normalized spacial score (nSPS) is 27.0. The summed E-state index contributed by atoms with van der Waals surface area (Å²) in [6.45, 7) is 0.325. The van der Waals surface area contributed by atoms with Crippen molar-refractivity contribution in [2.24, 2.45) is 5.92 Å². The molecule has 1 saturated heterocycles. The van der Waals surface area contributed by atoms with Crippen molar-refractivity contribution in [3.63, 3.8) is 0 Å². The fourth-order valence-electron chi connectivity index (χ4n) is 5.06. The monoisotopic (exact) mass is 421 g/mol. The number of hydrogen-bond acceptors (Lipinski definition) is 5. The van der Waals surface area contributed by atoms with Crippen molar-refractivity contribution in [3.05, 3.63) is 58.9 Å². The number of piperidine rings is 1. The summed E-state index contributed by atoms with van der Waals surface area (Å²) in [7, 11) is 0. The Labute approximate surface area is 180 Å². The molecule has 0 aromatic heterocycles. The van der Waals surface area contributed by atoms with Crippen LogP contribution in [0.4, 0.5) is 4.39 Å². The molecule has 1 aliphatic carbocycles. The van der Waals surface area contributed by atoms with Crippen LogP contribution in [0.25, 0.3) is 11.1 Å². The Morgan fingerprint density at radius 2 is 2.10 bits per heavy atom. The molecule has 1 saturated carbocycles. The van der Waals surface area contributed by atoms with Crippen molar-refractivity contribution in [3.8, 4) is 17.2 Å². The lowest BCUT2D eigenvalue weighted by Crippen LogP contribution is -2.50. The van der Waals surface area contributed by atoms with Crippen LogP contribution in [0, 0.1) is 23.1 Å². The number of fused-ring (bicyclic) bond motifs is 3. The van der Waals surface area contributed by atoms with Crippen LogP contribution in [-0.4, -0.2) is 29.1 Å². The van der Waals surface area contributed by atoms with Crippen molar-refractivity contribution in [1.29, 1.82) is 5.26 Å². The molecule has 1 unspecified atom stereocenters. The van der Waals surface area contributed by atoms with Crippen LogP contribution in [0.1, 0.15) is 42.2 Å². The second-order valence-corrected chi connectivity index (χ2v) is 8.69. The van der Waals surface area contributed by atoms with Gasteiger partial charge >= 0.3 is 0 Å². The molecular weight excluding hydrogens is 397 g/mol. The number of aliphatic hydroxyl groups excluding tert-OH is 1. The number of ether oxygens (including phenoxy) is 1. The first-order chi connectivity index (χ1) is 15.0. The second kappa shape index (κ2) is 8.04. The van der Waals surface area contributed by atoms with E-state index in [0.29, 0.717) is 29.7 Å². The molecule has 0 radical (unpaired) electrons. The Morgan fingerprint density at radius 1 is 1.29 bits per heavy atom. The van der Waals surface area contributed by atoms with Gasteiger partial charge in [0.25, 0.3) is 0 Å². The predicted octanol–water partition coefficient (Wildman–Crippen LogP) is 2.71. The van der Waals surface area contributed by atoms with Gasteiger partial charge in [-0.3, -0.25) is 4.79 Å². The van der Waals surface area contributed by atoms with Crippen LogP contribution in [0.5, 0.6) is 0 Å². The molecule has 3 N–H and O–H groups in total. The standard InChI is InChI=1S/C24H24FN3O3/c25-21-10-14(13-4-6-20-17(7-13)12-31-24(20)30)1-2-15(21)8-19(11-26)28-23(29)22-16-3-5-18(9-16)27-22/h1-2,4,6-7,10,16,18-19,22,24,27,30H,3,5,8-9,12H2,(H,28,29)/t16-,18+,19-,22-,24?/m0/s1. The zero-order valence-electron chi connectivity index (χ0n) is 17.0. The highest BCUT2D eigenvalue weighted by Gasteiger charge is 2.43. The van der Waals surface area contributed by atoms with E-state index < -0.39 is 18.1 Å². The lowest BCUT2D eigenvalue weighted by atomic mass is 9.96. The minimum absolute atomic E-state index is 0.111. The first-order valence-electron chi connectivity index (χ1n) is 10.7. The summed E-state index contributed by atoms with van der Waals surface area (Å²) in [6, 6.07) is 11.9. The van der Waals surface area contributed by atoms with E-state index in [9.17, 15) is 19.6 Å². The van der Waals surface area contributed by atoms with Gasteiger partial charge in [0.15, 0.2) is 6.29 Å². The van der Waals surface area contributed by atoms with Crippen molar-refractivity contribution >= 4 is 5.91 Å². The molecule has 3 aliphatic rings. The maximum atomic E-state index is 14.8. The Kier molecular flexibility index (Phi) is 5.22. The maximum Gasteiger partial charge on any atom is 0.238 e. The number of nitrogens with zero attached hydrogens (tertiary/aromatic N) is 1. The van der Waals surface area contributed by atoms with Crippen LogP contribution >= 0.6 is 0 Å². The van der Waals surface area contributed by atoms with Gasteiger partial charge in [-0.1, -0.05) is 24.3 Å². The highest BCUT2D eigenvalue weighted by molar-refractivity contribution is 5.83. The van der Waals surface area contributed by atoms with E-state index in [-0.39, 0.29) is 18.4 Å². The molecule has 1 amide bonds. The smallest absolute Gasteiger partial charge is 0.238 e. The minimum Gasteiger partial charge on any atom is -0.364 e. The fourth-order valence-corrected chi connectivity index (χ4v) is 5.06. The number of hydrogen-bond donors (Lipinski definition) is 3. The van der Waals surface area contributed by atoms with E-state index in [1.54, 1.807) is 18.2 Å². The molecule has 2 aromatic carbocycles. The highest BCUT2D eigenvalue weighted by atomic mass is 19.1. The Hall–Kier alpha value is -2.79. The average molecular weight is 421 g/mol. The van der Waals surface area contributed by atoms with Gasteiger partial charge in [0.1, 0.15) is 11.9 Å². The summed E-state index contributed by atoms with van der Waals surface area (Å²) >= 11 is 0. The molecular formula is C24H24FN3O3. The van der Waals surface area contributed by atoms with Gasteiger partial charge in [-0.15, -0.1) is 0 Å². The lowest BCUT2D eigenvalue weighted by molar-refractivity contribution is -0.124. The first kappa shape index (κ1) is 20.1. The van der Waals surface area contributed by atoms with E-state index in [1.807, 2.05) is 12.1 Å². The zero-order valence-corrected chi connectivity index (χ0v) is 17.0. The van der Waals surface area contributed by atoms with Crippen molar-refractivity contribution in [2.75, 3.05) is 0 Å². The van der Waals surface area contributed by atoms with Crippen molar-refractivity contribution in [2.45, 2.75) is 56.7 Å². The van der Waals surface area contributed by atoms with Crippen molar-refractivity contribution < 1.29 is 19.0 Å². The maximum absolute atomic E-state index is 14.8. The number of benzene rings is 2. The second-order valence-electron chi connectivity index (χ2n) is 8.69. The summed E-state index contributed by atoms with van der Waals surface area (Å²) in [5.74, 6) is -0.251. The molecule has 0 spiro atoms. The Bertz CT molecular complexity index is 1070. The molecule has 31 heavy (non-hydrogen) atoms. The molecule has 160 valence electrons. The number of nitrogens with one attached hydrogen (secondary N) is 2. The number of carbonyl (C=O) groups is 1. The summed E-state index contributed by atoms with van der Waals surface area (Å²) in [5, 5.41) is 25.4. The van der Waals surface area contributed by atoms with E-state index in [0.717, 1.165) is 36.0 Å². The Balaban J connectivity index is 1.27. The molecule has 6 nitrogen and oxygen atoms in total.